The van der Waals surface area contributed by atoms with Gasteiger partial charge in [0.05, 0.1) is 16.5 Å². The minimum atomic E-state index is 0.186. The van der Waals surface area contributed by atoms with E-state index in [2.05, 4.69) is 15.5 Å². The summed E-state index contributed by atoms with van der Waals surface area (Å²) in [5, 5.41) is 12.7. The molecule has 1 aliphatic rings. The maximum Gasteiger partial charge on any atom is 0.233 e. The standard InChI is InChI=1S/C15H17ClN4OS2/c16-11-6-2-3-7-12(11)17-14-18-19-15(23-14)22-10-13(21)20-8-4-1-5-9-20/h2-3,6-7H,1,4-5,8-10H2,(H,17,18). The van der Waals surface area contributed by atoms with Crippen molar-refractivity contribution in [3.8, 4) is 0 Å². The zero-order valence-corrected chi connectivity index (χ0v) is 14.9. The average Bonchev–Trinajstić information content (AvgIpc) is 3.03. The van der Waals surface area contributed by atoms with Gasteiger partial charge in [0.15, 0.2) is 4.34 Å². The number of nitrogens with one attached hydrogen (secondary N) is 1. The molecule has 0 unspecified atom stereocenters. The molecule has 0 spiro atoms. The number of para-hydroxylation sites is 1. The highest BCUT2D eigenvalue weighted by Crippen LogP contribution is 2.30. The summed E-state index contributed by atoms with van der Waals surface area (Å²) in [6.45, 7) is 1.77. The molecule has 1 saturated heterocycles. The molecule has 3 rings (SSSR count). The molecule has 1 aromatic heterocycles. The first-order chi connectivity index (χ1) is 11.2. The minimum absolute atomic E-state index is 0.186. The Morgan fingerprint density at radius 2 is 2.04 bits per heavy atom. The molecule has 1 aliphatic heterocycles. The summed E-state index contributed by atoms with van der Waals surface area (Å²) in [6, 6.07) is 7.48. The SMILES string of the molecule is O=C(CSc1nnc(Nc2ccccc2Cl)s1)N1CCCCC1. The van der Waals surface area contributed by atoms with Crippen LogP contribution in [0.4, 0.5) is 10.8 Å². The van der Waals surface area contributed by atoms with Crippen molar-refractivity contribution in [2.45, 2.75) is 23.6 Å². The van der Waals surface area contributed by atoms with Crippen molar-refractivity contribution >= 4 is 51.4 Å². The number of hydrogen-bond donors (Lipinski definition) is 1. The van der Waals surface area contributed by atoms with Gasteiger partial charge in [-0.25, -0.2) is 0 Å². The van der Waals surface area contributed by atoms with Crippen molar-refractivity contribution in [3.63, 3.8) is 0 Å². The van der Waals surface area contributed by atoms with Crippen LogP contribution in [-0.4, -0.2) is 39.8 Å². The van der Waals surface area contributed by atoms with Gasteiger partial charge in [-0.15, -0.1) is 10.2 Å². The average molecular weight is 369 g/mol. The van der Waals surface area contributed by atoms with E-state index in [1.54, 1.807) is 0 Å². The molecule has 2 aromatic rings. The third-order valence-corrected chi connectivity index (χ3v) is 5.84. The molecule has 0 saturated carbocycles. The van der Waals surface area contributed by atoms with Crippen LogP contribution in [0, 0.1) is 0 Å². The van der Waals surface area contributed by atoms with Crippen molar-refractivity contribution < 1.29 is 4.79 Å². The molecule has 0 radical (unpaired) electrons. The fourth-order valence-corrected chi connectivity index (χ4v) is 4.20. The highest BCUT2D eigenvalue weighted by molar-refractivity contribution is 8.01. The number of halogens is 1. The molecule has 2 heterocycles. The van der Waals surface area contributed by atoms with Crippen molar-refractivity contribution in [1.82, 2.24) is 15.1 Å². The number of hydrogen-bond acceptors (Lipinski definition) is 6. The van der Waals surface area contributed by atoms with Gasteiger partial charge in [-0.05, 0) is 31.4 Å². The number of anilines is 2. The second-order valence-electron chi connectivity index (χ2n) is 5.21. The first kappa shape index (κ1) is 16.5. The third kappa shape index (κ3) is 4.59. The number of carbonyl (C=O) groups is 1. The van der Waals surface area contributed by atoms with E-state index in [9.17, 15) is 4.79 Å². The Balaban J connectivity index is 1.53. The second kappa shape index (κ2) is 7.99. The van der Waals surface area contributed by atoms with Crippen LogP contribution in [0.3, 0.4) is 0 Å². The van der Waals surface area contributed by atoms with Crippen LogP contribution in [0.5, 0.6) is 0 Å². The number of rotatable bonds is 5. The van der Waals surface area contributed by atoms with Crippen LogP contribution in [0.1, 0.15) is 19.3 Å². The van der Waals surface area contributed by atoms with E-state index in [0.717, 1.165) is 36.0 Å². The predicted octanol–water partition coefficient (Wildman–Crippen LogP) is 4.04. The summed E-state index contributed by atoms with van der Waals surface area (Å²) in [7, 11) is 0. The second-order valence-corrected chi connectivity index (χ2v) is 7.82. The van der Waals surface area contributed by atoms with Crippen molar-refractivity contribution in [3.05, 3.63) is 29.3 Å². The van der Waals surface area contributed by atoms with Gasteiger partial charge in [0.1, 0.15) is 0 Å². The Labute approximate surface area is 148 Å². The Bertz CT molecular complexity index is 673. The lowest BCUT2D eigenvalue weighted by Gasteiger charge is -2.26. The fraction of sp³-hybridized carbons (Fsp3) is 0.400. The first-order valence-corrected chi connectivity index (χ1v) is 9.66. The van der Waals surface area contributed by atoms with E-state index in [0.29, 0.717) is 15.9 Å². The Morgan fingerprint density at radius 1 is 1.26 bits per heavy atom. The topological polar surface area (TPSA) is 58.1 Å². The Kier molecular flexibility index (Phi) is 5.75. The molecule has 5 nitrogen and oxygen atoms in total. The van der Waals surface area contributed by atoms with Crippen LogP contribution in [0.25, 0.3) is 0 Å². The van der Waals surface area contributed by atoms with Crippen molar-refractivity contribution in [1.29, 1.82) is 0 Å². The zero-order chi connectivity index (χ0) is 16.1. The van der Waals surface area contributed by atoms with Gasteiger partial charge in [-0.2, -0.15) is 0 Å². The first-order valence-electron chi connectivity index (χ1n) is 7.48. The zero-order valence-electron chi connectivity index (χ0n) is 12.5. The molecule has 1 aromatic carbocycles. The molecule has 122 valence electrons. The van der Waals surface area contributed by atoms with Crippen molar-refractivity contribution in [2.24, 2.45) is 0 Å². The molecule has 0 atom stereocenters. The highest BCUT2D eigenvalue weighted by Gasteiger charge is 2.17. The predicted molar refractivity (Wildman–Crippen MR) is 95.8 cm³/mol. The summed E-state index contributed by atoms with van der Waals surface area (Å²) >= 11 is 8.97. The number of thioether (sulfide) groups is 1. The third-order valence-electron chi connectivity index (χ3n) is 3.55. The van der Waals surface area contributed by atoms with Gasteiger partial charge < -0.3 is 10.2 Å². The lowest BCUT2D eigenvalue weighted by molar-refractivity contribution is -0.129. The number of piperidine rings is 1. The van der Waals surface area contributed by atoms with Gasteiger partial charge in [0.25, 0.3) is 0 Å². The minimum Gasteiger partial charge on any atom is -0.342 e. The number of likely N-dealkylation sites (tertiary alicyclic amines) is 1. The molecule has 8 heteroatoms. The van der Waals surface area contributed by atoms with Crippen molar-refractivity contribution in [2.75, 3.05) is 24.2 Å². The number of carbonyl (C=O) groups excluding carboxylic acids is 1. The van der Waals surface area contributed by atoms with Crippen LogP contribution < -0.4 is 5.32 Å². The summed E-state index contributed by atoms with van der Waals surface area (Å²) < 4.78 is 0.782. The lowest BCUT2D eigenvalue weighted by Crippen LogP contribution is -2.36. The van der Waals surface area contributed by atoms with Gasteiger partial charge in [-0.1, -0.05) is 46.8 Å². The summed E-state index contributed by atoms with van der Waals surface area (Å²) in [5.74, 6) is 0.603. The summed E-state index contributed by atoms with van der Waals surface area (Å²) in [4.78, 5) is 14.1. The van der Waals surface area contributed by atoms with Gasteiger partial charge in [0, 0.05) is 13.1 Å². The molecule has 23 heavy (non-hydrogen) atoms. The van der Waals surface area contributed by atoms with Gasteiger partial charge in [0.2, 0.25) is 11.0 Å². The van der Waals surface area contributed by atoms with Gasteiger partial charge >= 0.3 is 0 Å². The summed E-state index contributed by atoms with van der Waals surface area (Å²) in [6.07, 6.45) is 3.45. The number of aromatic nitrogens is 2. The number of amides is 1. The molecule has 0 bridgehead atoms. The lowest BCUT2D eigenvalue weighted by atomic mass is 10.1. The molecule has 0 aliphatic carbocycles. The monoisotopic (exact) mass is 368 g/mol. The smallest absolute Gasteiger partial charge is 0.233 e. The van der Waals surface area contributed by atoms with Crippen LogP contribution in [0.15, 0.2) is 28.6 Å². The fourth-order valence-electron chi connectivity index (χ4n) is 2.35. The number of benzene rings is 1. The van der Waals surface area contributed by atoms with E-state index in [4.69, 9.17) is 11.6 Å². The highest BCUT2D eigenvalue weighted by atomic mass is 35.5. The van der Waals surface area contributed by atoms with E-state index >= 15 is 0 Å². The van der Waals surface area contributed by atoms with E-state index in [-0.39, 0.29) is 5.91 Å². The van der Waals surface area contributed by atoms with Crippen LogP contribution in [0.2, 0.25) is 5.02 Å². The molecular formula is C15H17ClN4OS2. The normalized spacial score (nSPS) is 14.7. The molecule has 1 fully saturated rings. The molecule has 1 N–H and O–H groups in total. The van der Waals surface area contributed by atoms with E-state index in [1.807, 2.05) is 29.2 Å². The molecular weight excluding hydrogens is 352 g/mol. The Morgan fingerprint density at radius 3 is 2.83 bits per heavy atom. The number of nitrogens with zero attached hydrogens (tertiary/aromatic N) is 3. The molecule has 1 amide bonds. The van der Waals surface area contributed by atoms with E-state index < -0.39 is 0 Å². The maximum absolute atomic E-state index is 12.1. The van der Waals surface area contributed by atoms with Gasteiger partial charge in [-0.3, -0.25) is 4.79 Å². The largest absolute Gasteiger partial charge is 0.342 e. The summed E-state index contributed by atoms with van der Waals surface area (Å²) in [5.41, 5.74) is 0.797. The van der Waals surface area contributed by atoms with Crippen LogP contribution in [-0.2, 0) is 4.79 Å². The van der Waals surface area contributed by atoms with Crippen LogP contribution >= 0.6 is 34.7 Å². The Hall–Kier alpha value is -1.31. The van der Waals surface area contributed by atoms with E-state index in [1.165, 1.54) is 29.5 Å². The maximum atomic E-state index is 12.1. The quantitative estimate of drug-likeness (QED) is 0.807.